The largest absolute Gasteiger partial charge is 0.393 e. The fourth-order valence-corrected chi connectivity index (χ4v) is 17.5. The topological polar surface area (TPSA) is 40.5 Å². The van der Waals surface area contributed by atoms with Crippen molar-refractivity contribution in [3.63, 3.8) is 0 Å². The molecule has 0 aromatic carbocycles. The zero-order valence-corrected chi connectivity index (χ0v) is 40.9. The Bertz CT molecular complexity index is 1520. The van der Waals surface area contributed by atoms with Crippen LogP contribution in [0.5, 0.6) is 0 Å². The van der Waals surface area contributed by atoms with E-state index in [0.29, 0.717) is 27.6 Å². The first-order valence-electron chi connectivity index (χ1n) is 26.3. The SMILES string of the molecule is CC(C)[C@H](C)CC[C@@H](C)[C@H]1CC[C@H]2[C@@H]3CC=C4C[C@@H](O)CC[C@]4(C)[C@H]3CC[C@]12C.CC[C@H](/C=C/[C@@H](C)[C@H]1CC[C@H]2[C@@H]3CC=C4C[C@@H](O)CC[C@]4(C)[C@H]3CC[C@]12C)C(C)C. The van der Waals surface area contributed by atoms with Crippen molar-refractivity contribution in [1.29, 1.82) is 0 Å². The lowest BCUT2D eigenvalue weighted by Gasteiger charge is -2.58. The third kappa shape index (κ3) is 8.48. The summed E-state index contributed by atoms with van der Waals surface area (Å²) in [5.74, 6) is 11.9. The maximum atomic E-state index is 10.2. The molecule has 0 saturated heterocycles. The molecule has 0 radical (unpaired) electrons. The van der Waals surface area contributed by atoms with E-state index in [1.165, 1.54) is 96.3 Å². The average Bonchev–Trinajstić information content (AvgIpc) is 3.74. The third-order valence-corrected chi connectivity index (χ3v) is 21.8. The maximum absolute atomic E-state index is 10.2. The molecule has 6 fully saturated rings. The second-order valence-corrected chi connectivity index (χ2v) is 25.1. The van der Waals surface area contributed by atoms with Gasteiger partial charge in [-0.2, -0.15) is 0 Å². The minimum absolute atomic E-state index is 0.0790. The lowest BCUT2D eigenvalue weighted by molar-refractivity contribution is -0.0574. The molecule has 0 unspecified atom stereocenters. The first-order valence-corrected chi connectivity index (χ1v) is 26.3. The summed E-state index contributed by atoms with van der Waals surface area (Å²) >= 11 is 0. The second-order valence-electron chi connectivity index (χ2n) is 25.1. The lowest BCUT2D eigenvalue weighted by atomic mass is 9.47. The highest BCUT2D eigenvalue weighted by atomic mass is 16.3. The Hall–Kier alpha value is -0.860. The summed E-state index contributed by atoms with van der Waals surface area (Å²) in [6.07, 6.45) is 34.8. The van der Waals surface area contributed by atoms with Crippen molar-refractivity contribution in [3.8, 4) is 0 Å². The zero-order chi connectivity index (χ0) is 42.7. The van der Waals surface area contributed by atoms with Crippen LogP contribution in [-0.2, 0) is 0 Å². The highest BCUT2D eigenvalue weighted by Crippen LogP contribution is 2.69. The number of hydrogen-bond acceptors (Lipinski definition) is 2. The molecule has 0 spiro atoms. The van der Waals surface area contributed by atoms with E-state index >= 15 is 0 Å². The molecule has 0 bridgehead atoms. The molecule has 336 valence electrons. The number of aliphatic hydroxyl groups is 2. The van der Waals surface area contributed by atoms with Crippen LogP contribution in [0, 0.1) is 105 Å². The highest BCUT2D eigenvalue weighted by molar-refractivity contribution is 5.27. The summed E-state index contributed by atoms with van der Waals surface area (Å²) in [5, 5.41) is 20.5. The Morgan fingerprint density at radius 2 is 1.07 bits per heavy atom. The molecule has 0 aliphatic heterocycles. The Kier molecular flexibility index (Phi) is 14.0. The van der Waals surface area contributed by atoms with E-state index in [4.69, 9.17) is 0 Å². The van der Waals surface area contributed by atoms with Crippen LogP contribution in [-0.4, -0.2) is 22.4 Å². The minimum atomic E-state index is -0.0870. The van der Waals surface area contributed by atoms with E-state index in [1.54, 1.807) is 11.1 Å². The molecule has 0 aromatic heterocycles. The highest BCUT2D eigenvalue weighted by Gasteiger charge is 2.60. The molecule has 0 heterocycles. The van der Waals surface area contributed by atoms with Crippen LogP contribution in [0.15, 0.2) is 35.5 Å². The monoisotopic (exact) mass is 813 g/mol. The molecular weight excluding hydrogens is 717 g/mol. The van der Waals surface area contributed by atoms with E-state index in [1.807, 2.05) is 0 Å². The predicted octanol–water partition coefficient (Wildman–Crippen LogP) is 15.4. The Morgan fingerprint density at radius 1 is 0.576 bits per heavy atom. The first kappa shape index (κ1) is 46.1. The fourth-order valence-electron chi connectivity index (χ4n) is 17.5. The van der Waals surface area contributed by atoms with Gasteiger partial charge in [0, 0.05) is 0 Å². The molecule has 8 aliphatic rings. The molecule has 0 amide bonds. The molecule has 8 rings (SSSR count). The summed E-state index contributed by atoms with van der Waals surface area (Å²) in [6, 6.07) is 0. The molecule has 2 N–H and O–H groups in total. The van der Waals surface area contributed by atoms with Crippen LogP contribution in [0.1, 0.15) is 205 Å². The number of allylic oxidation sites excluding steroid dienone is 4. The Morgan fingerprint density at radius 3 is 1.54 bits per heavy atom. The summed E-state index contributed by atoms with van der Waals surface area (Å²) in [5.41, 5.74) is 5.10. The molecule has 0 aromatic rings. The van der Waals surface area contributed by atoms with Gasteiger partial charge >= 0.3 is 0 Å². The van der Waals surface area contributed by atoms with Crippen LogP contribution >= 0.6 is 0 Å². The molecule has 2 heteroatoms. The van der Waals surface area contributed by atoms with Crippen LogP contribution in [0.4, 0.5) is 0 Å². The molecule has 8 aliphatic carbocycles. The molecule has 59 heavy (non-hydrogen) atoms. The predicted molar refractivity (Wildman–Crippen MR) is 252 cm³/mol. The van der Waals surface area contributed by atoms with Crippen LogP contribution in [0.3, 0.4) is 0 Å². The van der Waals surface area contributed by atoms with Crippen molar-refractivity contribution in [2.45, 2.75) is 217 Å². The van der Waals surface area contributed by atoms with Gasteiger partial charge in [0.05, 0.1) is 12.2 Å². The van der Waals surface area contributed by atoms with Gasteiger partial charge in [-0.3, -0.25) is 0 Å². The van der Waals surface area contributed by atoms with Gasteiger partial charge in [0.2, 0.25) is 0 Å². The van der Waals surface area contributed by atoms with Crippen molar-refractivity contribution in [2.24, 2.45) is 105 Å². The van der Waals surface area contributed by atoms with Gasteiger partial charge in [-0.1, -0.05) is 131 Å². The van der Waals surface area contributed by atoms with Gasteiger partial charge in [-0.15, -0.1) is 0 Å². The summed E-state index contributed by atoms with van der Waals surface area (Å²) in [4.78, 5) is 0. The summed E-state index contributed by atoms with van der Waals surface area (Å²) < 4.78 is 0. The molecule has 2 nitrogen and oxygen atoms in total. The average molecular weight is 813 g/mol. The summed E-state index contributed by atoms with van der Waals surface area (Å²) in [7, 11) is 0. The molecule has 6 saturated carbocycles. The van der Waals surface area contributed by atoms with E-state index in [9.17, 15) is 10.2 Å². The number of fused-ring (bicyclic) bond motifs is 10. The van der Waals surface area contributed by atoms with Crippen molar-refractivity contribution in [1.82, 2.24) is 0 Å². The fraction of sp³-hybridized carbons (Fsp3) is 0.895. The van der Waals surface area contributed by atoms with Gasteiger partial charge < -0.3 is 10.2 Å². The Labute approximate surface area is 366 Å². The van der Waals surface area contributed by atoms with Crippen LogP contribution in [0.2, 0.25) is 0 Å². The lowest BCUT2D eigenvalue weighted by Crippen LogP contribution is -2.50. The number of aliphatic hydroxyl groups excluding tert-OH is 2. The van der Waals surface area contributed by atoms with Crippen molar-refractivity contribution >= 4 is 0 Å². The smallest absolute Gasteiger partial charge is 0.0577 e. The van der Waals surface area contributed by atoms with Gasteiger partial charge in [0.15, 0.2) is 0 Å². The summed E-state index contributed by atoms with van der Waals surface area (Å²) in [6.45, 7) is 29.9. The minimum Gasteiger partial charge on any atom is -0.393 e. The van der Waals surface area contributed by atoms with E-state index in [2.05, 4.69) is 107 Å². The standard InChI is InChI=1S/C29H48O.C28H48O/c1-7-21(19(2)3)9-8-20(4)25-12-13-26-24-11-10-22-18-23(30)14-16-28(22,5)27(24)15-17-29(25,26)6;1-18(2)19(3)7-8-20(4)24-11-12-25-23-10-9-21-17-22(29)13-15-27(21,5)26(23)14-16-28(24,25)6/h8-10,19-21,23-27,30H,7,11-18H2,1-6H3;9,18-20,22-26,29H,7-8,10-17H2,1-6H3/b9-8+;/t20-,21-,23+,24+,25-,26+,27+,28+,29-;19-,20-,22+,23+,24-,25+,26+,27+,28-/m11/s1. The van der Waals surface area contributed by atoms with Crippen molar-refractivity contribution in [2.75, 3.05) is 0 Å². The third-order valence-electron chi connectivity index (χ3n) is 21.8. The molecule has 18 atom stereocenters. The first-order chi connectivity index (χ1) is 27.9. The van der Waals surface area contributed by atoms with Crippen LogP contribution in [0.25, 0.3) is 0 Å². The molecular formula is C57H96O2. The van der Waals surface area contributed by atoms with Crippen molar-refractivity contribution < 1.29 is 10.2 Å². The van der Waals surface area contributed by atoms with Gasteiger partial charge in [-0.25, -0.2) is 0 Å². The quantitative estimate of drug-likeness (QED) is 0.216. The van der Waals surface area contributed by atoms with Crippen LogP contribution < -0.4 is 0 Å². The van der Waals surface area contributed by atoms with E-state index in [-0.39, 0.29) is 12.2 Å². The van der Waals surface area contributed by atoms with Gasteiger partial charge in [0.1, 0.15) is 0 Å². The second kappa shape index (κ2) is 18.0. The maximum Gasteiger partial charge on any atom is 0.0577 e. The number of hydrogen-bond donors (Lipinski definition) is 2. The van der Waals surface area contributed by atoms with Crippen molar-refractivity contribution in [3.05, 3.63) is 35.5 Å². The van der Waals surface area contributed by atoms with Gasteiger partial charge in [0.25, 0.3) is 0 Å². The normalized spacial score (nSPS) is 46.0. The number of rotatable bonds is 10. The van der Waals surface area contributed by atoms with E-state index in [0.717, 1.165) is 103 Å². The van der Waals surface area contributed by atoms with E-state index < -0.39 is 0 Å². The van der Waals surface area contributed by atoms with Gasteiger partial charge in [-0.05, 0) is 214 Å². The Balaban J connectivity index is 0.000000179. The zero-order valence-electron chi connectivity index (χ0n) is 40.9.